The van der Waals surface area contributed by atoms with E-state index in [9.17, 15) is 0 Å². The van der Waals surface area contributed by atoms with Gasteiger partial charge in [0.15, 0.2) is 5.65 Å². The summed E-state index contributed by atoms with van der Waals surface area (Å²) in [4.78, 5) is 9.34. The molecule has 3 heterocycles. The van der Waals surface area contributed by atoms with E-state index in [-0.39, 0.29) is 0 Å². The number of fused-ring (bicyclic) bond motifs is 3. The molecule has 0 amide bonds. The molecule has 0 bridgehead atoms. The zero-order valence-corrected chi connectivity index (χ0v) is 12.3. The van der Waals surface area contributed by atoms with Gasteiger partial charge in [-0.25, -0.2) is 9.97 Å². The zero-order chi connectivity index (χ0) is 14.6. The van der Waals surface area contributed by atoms with Crippen LogP contribution in [-0.2, 0) is 0 Å². The van der Waals surface area contributed by atoms with Crippen LogP contribution in [0.1, 0.15) is 16.8 Å². The molecule has 2 N–H and O–H groups in total. The highest BCUT2D eigenvalue weighted by molar-refractivity contribution is 6.04. The quantitative estimate of drug-likeness (QED) is 0.551. The Morgan fingerprint density at radius 3 is 2.62 bits per heavy atom. The molecule has 0 atom stereocenters. The highest BCUT2D eigenvalue weighted by atomic mass is 15.1. The summed E-state index contributed by atoms with van der Waals surface area (Å²) in [6.45, 7) is 6.24. The minimum absolute atomic E-state index is 0.797. The van der Waals surface area contributed by atoms with Crippen LogP contribution >= 0.6 is 0 Å². The number of aromatic nitrogens is 4. The standard InChI is InChI=1S/C17H16N4/c1-9-4-5-12(10(2)6-9)15-7-13-16-14(8-18-21-16)11(3)19-17(13)20-15/h4-8,18,21H,1-3H3. The molecule has 0 unspecified atom stereocenters. The highest BCUT2D eigenvalue weighted by Crippen LogP contribution is 2.30. The Morgan fingerprint density at radius 1 is 0.952 bits per heavy atom. The van der Waals surface area contributed by atoms with Gasteiger partial charge in [-0.3, -0.25) is 5.10 Å². The van der Waals surface area contributed by atoms with E-state index >= 15 is 0 Å². The van der Waals surface area contributed by atoms with Crippen LogP contribution in [0.2, 0.25) is 0 Å². The van der Waals surface area contributed by atoms with Crippen molar-refractivity contribution in [3.63, 3.8) is 0 Å². The van der Waals surface area contributed by atoms with Gasteiger partial charge < -0.3 is 5.10 Å². The van der Waals surface area contributed by atoms with Gasteiger partial charge in [0, 0.05) is 22.5 Å². The van der Waals surface area contributed by atoms with E-state index in [1.165, 1.54) is 16.7 Å². The number of nitrogens with one attached hydrogen (secondary N) is 2. The normalized spacial score (nSPS) is 11.6. The molecule has 4 nitrogen and oxygen atoms in total. The summed E-state index contributed by atoms with van der Waals surface area (Å²) < 4.78 is 0. The molecule has 0 saturated heterocycles. The molecule has 1 aromatic carbocycles. The molecular weight excluding hydrogens is 260 g/mol. The van der Waals surface area contributed by atoms with E-state index in [2.05, 4.69) is 53.3 Å². The Kier molecular flexibility index (Phi) is 2.42. The first-order valence-corrected chi connectivity index (χ1v) is 7.04. The van der Waals surface area contributed by atoms with Crippen LogP contribution in [0, 0.1) is 20.8 Å². The van der Waals surface area contributed by atoms with E-state index in [0.717, 1.165) is 33.3 Å². The lowest BCUT2D eigenvalue weighted by Crippen LogP contribution is -1.85. The fourth-order valence-electron chi connectivity index (χ4n) is 2.95. The van der Waals surface area contributed by atoms with Crippen molar-refractivity contribution in [3.05, 3.63) is 47.3 Å². The van der Waals surface area contributed by atoms with Gasteiger partial charge in [0.25, 0.3) is 0 Å². The molecule has 3 aromatic heterocycles. The molecule has 0 aliphatic carbocycles. The summed E-state index contributed by atoms with van der Waals surface area (Å²) in [5, 5.41) is 8.41. The molecule has 0 aliphatic heterocycles. The lowest BCUT2D eigenvalue weighted by molar-refractivity contribution is 1.12. The van der Waals surface area contributed by atoms with E-state index in [4.69, 9.17) is 4.98 Å². The monoisotopic (exact) mass is 276 g/mol. The average Bonchev–Trinajstić information content (AvgIpc) is 3.04. The van der Waals surface area contributed by atoms with Gasteiger partial charge >= 0.3 is 0 Å². The van der Waals surface area contributed by atoms with Crippen molar-refractivity contribution in [2.75, 3.05) is 0 Å². The lowest BCUT2D eigenvalue weighted by Gasteiger charge is -2.03. The van der Waals surface area contributed by atoms with Crippen molar-refractivity contribution in [3.8, 4) is 11.3 Å². The first kappa shape index (κ1) is 12.1. The highest BCUT2D eigenvalue weighted by Gasteiger charge is 2.13. The van der Waals surface area contributed by atoms with Crippen molar-refractivity contribution in [1.29, 1.82) is 0 Å². The average molecular weight is 276 g/mol. The Hall–Kier alpha value is -2.62. The van der Waals surface area contributed by atoms with Crippen LogP contribution in [0.25, 0.3) is 33.2 Å². The largest absolute Gasteiger partial charge is 0.307 e. The smallest absolute Gasteiger partial charge is 0.162 e. The van der Waals surface area contributed by atoms with Gasteiger partial charge in [-0.15, -0.1) is 0 Å². The van der Waals surface area contributed by atoms with E-state index < -0.39 is 0 Å². The number of pyridine rings is 1. The van der Waals surface area contributed by atoms with Crippen molar-refractivity contribution in [2.24, 2.45) is 0 Å². The molecular formula is C17H16N4. The third-order valence-electron chi connectivity index (χ3n) is 4.02. The second kappa shape index (κ2) is 4.19. The molecule has 0 saturated carbocycles. The molecule has 0 aliphatic rings. The van der Waals surface area contributed by atoms with Crippen LogP contribution < -0.4 is 0 Å². The topological polar surface area (TPSA) is 57.4 Å². The maximum absolute atomic E-state index is 4.72. The molecule has 0 radical (unpaired) electrons. The third-order valence-corrected chi connectivity index (χ3v) is 4.02. The van der Waals surface area contributed by atoms with E-state index in [0.29, 0.717) is 0 Å². The number of hydrogen-bond donors (Lipinski definition) is 2. The van der Waals surface area contributed by atoms with Gasteiger partial charge in [-0.05, 0) is 32.4 Å². The summed E-state index contributed by atoms with van der Waals surface area (Å²) in [5.74, 6) is 0. The number of H-pyrrole nitrogens is 2. The SMILES string of the molecule is Cc1ccc(-c2cc3c(n2)nc(C)c2c[nH][nH]c23)c(C)c1. The minimum atomic E-state index is 0.797. The fourth-order valence-corrected chi connectivity index (χ4v) is 2.95. The van der Waals surface area contributed by atoms with Crippen LogP contribution in [0.3, 0.4) is 0 Å². The molecule has 4 heteroatoms. The number of aryl methyl sites for hydroxylation is 3. The molecule has 104 valence electrons. The Morgan fingerprint density at radius 2 is 1.81 bits per heavy atom. The van der Waals surface area contributed by atoms with Gasteiger partial charge in [0.05, 0.1) is 16.9 Å². The molecule has 0 spiro atoms. The van der Waals surface area contributed by atoms with Crippen LogP contribution in [0.4, 0.5) is 0 Å². The number of rotatable bonds is 1. The third kappa shape index (κ3) is 1.76. The Labute approximate surface area is 122 Å². The maximum atomic E-state index is 4.72. The zero-order valence-electron chi connectivity index (χ0n) is 12.3. The number of aromatic amines is 2. The van der Waals surface area contributed by atoms with Gasteiger partial charge in [0.1, 0.15) is 0 Å². The fraction of sp³-hybridized carbons (Fsp3) is 0.176. The predicted molar refractivity (Wildman–Crippen MR) is 85.4 cm³/mol. The van der Waals surface area contributed by atoms with Gasteiger partial charge in [-0.2, -0.15) is 0 Å². The van der Waals surface area contributed by atoms with Crippen LogP contribution in [0.15, 0.2) is 30.5 Å². The second-order valence-corrected chi connectivity index (χ2v) is 5.60. The maximum Gasteiger partial charge on any atom is 0.162 e. The number of hydrogen-bond acceptors (Lipinski definition) is 2. The predicted octanol–water partition coefficient (Wildman–Crippen LogP) is 4.03. The van der Waals surface area contributed by atoms with Crippen molar-refractivity contribution >= 4 is 21.9 Å². The first-order chi connectivity index (χ1) is 10.1. The summed E-state index contributed by atoms with van der Waals surface area (Å²) in [7, 11) is 0. The molecule has 4 rings (SSSR count). The molecule has 21 heavy (non-hydrogen) atoms. The lowest BCUT2D eigenvalue weighted by atomic mass is 10.0. The van der Waals surface area contributed by atoms with Gasteiger partial charge in [-0.1, -0.05) is 23.8 Å². The van der Waals surface area contributed by atoms with E-state index in [1.807, 2.05) is 13.1 Å². The van der Waals surface area contributed by atoms with Crippen molar-refractivity contribution in [2.45, 2.75) is 20.8 Å². The first-order valence-electron chi connectivity index (χ1n) is 7.04. The summed E-state index contributed by atoms with van der Waals surface area (Å²) in [6.07, 6.45) is 1.95. The molecule has 4 aromatic rings. The van der Waals surface area contributed by atoms with Crippen molar-refractivity contribution in [1.82, 2.24) is 20.2 Å². The summed E-state index contributed by atoms with van der Waals surface area (Å²) >= 11 is 0. The van der Waals surface area contributed by atoms with Crippen LogP contribution in [-0.4, -0.2) is 20.2 Å². The van der Waals surface area contributed by atoms with Crippen LogP contribution in [0.5, 0.6) is 0 Å². The van der Waals surface area contributed by atoms with E-state index in [1.54, 1.807) is 0 Å². The molecule has 0 fully saturated rings. The summed E-state index contributed by atoms with van der Waals surface area (Å²) in [5.41, 5.74) is 7.51. The van der Waals surface area contributed by atoms with Gasteiger partial charge in [0.2, 0.25) is 0 Å². The number of nitrogens with zero attached hydrogens (tertiary/aromatic N) is 2. The minimum Gasteiger partial charge on any atom is -0.307 e. The van der Waals surface area contributed by atoms with Crippen molar-refractivity contribution < 1.29 is 0 Å². The Bertz CT molecular complexity index is 975. The Balaban J connectivity index is 2.02. The second-order valence-electron chi connectivity index (χ2n) is 5.60. The summed E-state index contributed by atoms with van der Waals surface area (Å²) in [6, 6.07) is 8.56. The number of benzene rings is 1.